The summed E-state index contributed by atoms with van der Waals surface area (Å²) >= 11 is 11.7. The molecule has 3 rings (SSSR count). The Morgan fingerprint density at radius 2 is 1.81 bits per heavy atom. The number of pyridine rings is 1. The summed E-state index contributed by atoms with van der Waals surface area (Å²) in [5.41, 5.74) is 0.784. The summed E-state index contributed by atoms with van der Waals surface area (Å²) in [6.45, 7) is 4.04. The minimum Gasteiger partial charge on any atom is -0.354 e. The van der Waals surface area contributed by atoms with Gasteiger partial charge in [-0.25, -0.2) is 18.1 Å². The van der Waals surface area contributed by atoms with Gasteiger partial charge in [-0.15, -0.1) is 0 Å². The number of nitrogens with zero attached hydrogens (tertiary/aromatic N) is 3. The first kappa shape index (κ1) is 19.4. The SMILES string of the molecule is CN1CCN(c2ccc(CNS(=O)(=O)c3ccc(Cl)c(Cl)c3)cn2)CC1. The lowest BCUT2D eigenvalue weighted by atomic mass is 10.2. The Morgan fingerprint density at radius 1 is 1.08 bits per heavy atom. The average Bonchev–Trinajstić information content (AvgIpc) is 2.63. The van der Waals surface area contributed by atoms with Crippen LogP contribution in [0.25, 0.3) is 0 Å². The summed E-state index contributed by atoms with van der Waals surface area (Å²) in [4.78, 5) is 9.04. The van der Waals surface area contributed by atoms with Gasteiger partial charge in [0.1, 0.15) is 5.82 Å². The maximum atomic E-state index is 12.4. The molecule has 1 aromatic heterocycles. The van der Waals surface area contributed by atoms with Crippen molar-refractivity contribution in [2.45, 2.75) is 11.4 Å². The van der Waals surface area contributed by atoms with Crippen LogP contribution < -0.4 is 9.62 Å². The summed E-state index contributed by atoms with van der Waals surface area (Å²) in [6, 6.07) is 8.03. The number of piperazine rings is 1. The molecular weight excluding hydrogens is 395 g/mol. The molecule has 1 aliphatic heterocycles. The largest absolute Gasteiger partial charge is 0.354 e. The van der Waals surface area contributed by atoms with E-state index in [1.165, 1.54) is 18.2 Å². The molecule has 0 atom stereocenters. The highest BCUT2D eigenvalue weighted by Gasteiger charge is 2.17. The fraction of sp³-hybridized carbons (Fsp3) is 0.353. The second-order valence-corrected chi connectivity index (χ2v) is 8.80. The second kappa shape index (κ2) is 8.10. The van der Waals surface area contributed by atoms with Gasteiger partial charge in [0.15, 0.2) is 0 Å². The molecule has 0 amide bonds. The maximum Gasteiger partial charge on any atom is 0.240 e. The molecule has 2 heterocycles. The molecule has 2 aromatic rings. The monoisotopic (exact) mass is 414 g/mol. The predicted octanol–water partition coefficient (Wildman–Crippen LogP) is 2.62. The minimum absolute atomic E-state index is 0.0777. The third-order valence-corrected chi connectivity index (χ3v) is 6.44. The Bertz CT molecular complexity index is 867. The summed E-state index contributed by atoms with van der Waals surface area (Å²) in [5.74, 6) is 0.911. The van der Waals surface area contributed by atoms with Crippen LogP contribution in [0.5, 0.6) is 0 Å². The van der Waals surface area contributed by atoms with Crippen LogP contribution in [-0.4, -0.2) is 51.5 Å². The summed E-state index contributed by atoms with van der Waals surface area (Å²) in [6.07, 6.45) is 1.70. The van der Waals surface area contributed by atoms with Crippen molar-refractivity contribution in [3.8, 4) is 0 Å². The number of likely N-dealkylation sites (N-methyl/N-ethyl adjacent to an activating group) is 1. The smallest absolute Gasteiger partial charge is 0.240 e. The van der Waals surface area contributed by atoms with Crippen LogP contribution in [0.2, 0.25) is 10.0 Å². The number of benzene rings is 1. The fourth-order valence-electron chi connectivity index (χ4n) is 2.65. The van der Waals surface area contributed by atoms with E-state index in [9.17, 15) is 8.42 Å². The number of rotatable bonds is 5. The van der Waals surface area contributed by atoms with Crippen molar-refractivity contribution >= 4 is 39.0 Å². The van der Waals surface area contributed by atoms with Crippen LogP contribution >= 0.6 is 23.2 Å². The molecule has 1 fully saturated rings. The minimum atomic E-state index is -3.67. The molecular formula is C17H20Cl2N4O2S. The van der Waals surface area contributed by atoms with Gasteiger partial charge in [-0.05, 0) is 36.9 Å². The van der Waals surface area contributed by atoms with Gasteiger partial charge >= 0.3 is 0 Å². The van der Waals surface area contributed by atoms with Gasteiger partial charge in [-0.2, -0.15) is 0 Å². The predicted molar refractivity (Wildman–Crippen MR) is 104 cm³/mol. The van der Waals surface area contributed by atoms with E-state index in [2.05, 4.69) is 26.6 Å². The molecule has 0 bridgehead atoms. The standard InChI is InChI=1S/C17H20Cl2N4O2S/c1-22-6-8-23(9-7-22)17-5-2-13(11-20-17)12-21-26(24,25)14-3-4-15(18)16(19)10-14/h2-5,10-11,21H,6-9,12H2,1H3. The van der Waals surface area contributed by atoms with E-state index in [1.807, 2.05) is 12.1 Å². The van der Waals surface area contributed by atoms with E-state index in [4.69, 9.17) is 23.2 Å². The third kappa shape index (κ3) is 4.66. The van der Waals surface area contributed by atoms with E-state index in [0.717, 1.165) is 37.6 Å². The highest BCUT2D eigenvalue weighted by Crippen LogP contribution is 2.24. The van der Waals surface area contributed by atoms with E-state index in [1.54, 1.807) is 6.20 Å². The van der Waals surface area contributed by atoms with E-state index >= 15 is 0 Å². The zero-order valence-electron chi connectivity index (χ0n) is 14.3. The van der Waals surface area contributed by atoms with Crippen molar-refractivity contribution in [3.63, 3.8) is 0 Å². The van der Waals surface area contributed by atoms with Crippen LogP contribution in [0, 0.1) is 0 Å². The van der Waals surface area contributed by atoms with E-state index in [-0.39, 0.29) is 16.5 Å². The van der Waals surface area contributed by atoms with Crippen LogP contribution in [0.4, 0.5) is 5.82 Å². The van der Waals surface area contributed by atoms with Crippen molar-refractivity contribution in [1.29, 1.82) is 0 Å². The Morgan fingerprint density at radius 3 is 2.42 bits per heavy atom. The van der Waals surface area contributed by atoms with Gasteiger partial charge in [0.25, 0.3) is 0 Å². The molecule has 0 radical (unpaired) electrons. The molecule has 0 saturated carbocycles. The fourth-order valence-corrected chi connectivity index (χ4v) is 4.06. The molecule has 9 heteroatoms. The first-order chi connectivity index (χ1) is 12.3. The topological polar surface area (TPSA) is 65.5 Å². The van der Waals surface area contributed by atoms with Crippen LogP contribution in [-0.2, 0) is 16.6 Å². The van der Waals surface area contributed by atoms with Crippen LogP contribution in [0.3, 0.4) is 0 Å². The summed E-state index contributed by atoms with van der Waals surface area (Å²) in [5, 5.41) is 0.516. The van der Waals surface area contributed by atoms with Gasteiger partial charge in [-0.3, -0.25) is 0 Å². The van der Waals surface area contributed by atoms with Crippen molar-refractivity contribution < 1.29 is 8.42 Å². The van der Waals surface area contributed by atoms with Gasteiger partial charge in [0.05, 0.1) is 14.9 Å². The Labute approximate surface area is 163 Å². The zero-order valence-corrected chi connectivity index (χ0v) is 16.7. The van der Waals surface area contributed by atoms with Crippen molar-refractivity contribution in [2.24, 2.45) is 0 Å². The average molecular weight is 415 g/mol. The molecule has 0 spiro atoms. The first-order valence-electron chi connectivity index (χ1n) is 8.18. The number of hydrogen-bond acceptors (Lipinski definition) is 5. The molecule has 1 aliphatic rings. The Hall–Kier alpha value is -1.38. The van der Waals surface area contributed by atoms with Crippen LogP contribution in [0.1, 0.15) is 5.56 Å². The Kier molecular flexibility index (Phi) is 6.04. The molecule has 1 N–H and O–H groups in total. The molecule has 26 heavy (non-hydrogen) atoms. The Balaban J connectivity index is 1.63. The normalized spacial score (nSPS) is 16.0. The summed E-state index contributed by atoms with van der Waals surface area (Å²) in [7, 11) is -1.57. The number of nitrogens with one attached hydrogen (secondary N) is 1. The van der Waals surface area contributed by atoms with Crippen molar-refractivity contribution in [1.82, 2.24) is 14.6 Å². The lowest BCUT2D eigenvalue weighted by Gasteiger charge is -2.33. The molecule has 140 valence electrons. The van der Waals surface area contributed by atoms with Gasteiger partial charge in [-0.1, -0.05) is 29.3 Å². The van der Waals surface area contributed by atoms with Gasteiger partial charge < -0.3 is 9.80 Å². The zero-order chi connectivity index (χ0) is 18.7. The number of anilines is 1. The van der Waals surface area contributed by atoms with E-state index < -0.39 is 10.0 Å². The summed E-state index contributed by atoms with van der Waals surface area (Å²) < 4.78 is 27.3. The number of aromatic nitrogens is 1. The molecule has 1 aromatic carbocycles. The number of hydrogen-bond donors (Lipinski definition) is 1. The highest BCUT2D eigenvalue weighted by molar-refractivity contribution is 7.89. The number of halogens is 2. The third-order valence-electron chi connectivity index (χ3n) is 4.30. The number of sulfonamides is 1. The molecule has 6 nitrogen and oxygen atoms in total. The van der Waals surface area contributed by atoms with Crippen molar-refractivity contribution in [3.05, 3.63) is 52.1 Å². The van der Waals surface area contributed by atoms with Gasteiger partial charge in [0.2, 0.25) is 10.0 Å². The molecule has 1 saturated heterocycles. The lowest BCUT2D eigenvalue weighted by molar-refractivity contribution is 0.312. The quantitative estimate of drug-likeness (QED) is 0.814. The highest BCUT2D eigenvalue weighted by atomic mass is 35.5. The maximum absolute atomic E-state index is 12.4. The van der Waals surface area contributed by atoms with Crippen molar-refractivity contribution in [2.75, 3.05) is 38.1 Å². The van der Waals surface area contributed by atoms with Gasteiger partial charge in [0, 0.05) is 38.9 Å². The molecule has 0 unspecified atom stereocenters. The second-order valence-electron chi connectivity index (χ2n) is 6.22. The lowest BCUT2D eigenvalue weighted by Crippen LogP contribution is -2.44. The van der Waals surface area contributed by atoms with Crippen LogP contribution in [0.15, 0.2) is 41.4 Å². The first-order valence-corrected chi connectivity index (χ1v) is 10.4. The van der Waals surface area contributed by atoms with E-state index in [0.29, 0.717) is 5.02 Å². The molecule has 0 aliphatic carbocycles.